The minimum absolute atomic E-state index is 0.158. The minimum atomic E-state index is -0.654. The number of hydrogen-bond acceptors (Lipinski definition) is 4. The van der Waals surface area contributed by atoms with Crippen molar-refractivity contribution in [3.8, 4) is 5.69 Å². The van der Waals surface area contributed by atoms with Crippen LogP contribution in [0.25, 0.3) is 27.2 Å². The maximum Gasteiger partial charge on any atom is 0.266 e. The molecular formula is C23H22N2O4. The van der Waals surface area contributed by atoms with Gasteiger partial charge in [-0.15, -0.1) is 0 Å². The first-order valence-electron chi connectivity index (χ1n) is 9.76. The summed E-state index contributed by atoms with van der Waals surface area (Å²) in [6.45, 7) is 7.56. The van der Waals surface area contributed by atoms with Crippen molar-refractivity contribution in [3.05, 3.63) is 83.4 Å². The van der Waals surface area contributed by atoms with E-state index in [-0.39, 0.29) is 21.5 Å². The molecule has 0 radical (unpaired) electrons. The largest absolute Gasteiger partial charge is 0.269 e. The van der Waals surface area contributed by atoms with E-state index in [4.69, 9.17) is 0 Å². The zero-order valence-electron chi connectivity index (χ0n) is 16.9. The van der Waals surface area contributed by atoms with Crippen molar-refractivity contribution in [3.63, 3.8) is 0 Å². The van der Waals surface area contributed by atoms with Gasteiger partial charge >= 0.3 is 0 Å². The zero-order chi connectivity index (χ0) is 21.1. The highest BCUT2D eigenvalue weighted by molar-refractivity contribution is 5.98. The summed E-state index contributed by atoms with van der Waals surface area (Å²) in [6.07, 6.45) is 1.45. The van der Waals surface area contributed by atoms with E-state index in [0.717, 1.165) is 16.6 Å². The van der Waals surface area contributed by atoms with Gasteiger partial charge in [0.2, 0.25) is 0 Å². The maximum atomic E-state index is 13.0. The van der Waals surface area contributed by atoms with Crippen molar-refractivity contribution in [1.82, 2.24) is 9.13 Å². The summed E-state index contributed by atoms with van der Waals surface area (Å²) < 4.78 is 2.32. The molecule has 0 saturated heterocycles. The van der Waals surface area contributed by atoms with Crippen LogP contribution in [0.3, 0.4) is 0 Å². The topological polar surface area (TPSA) is 78.1 Å². The molecule has 0 bridgehead atoms. The summed E-state index contributed by atoms with van der Waals surface area (Å²) in [5.41, 5.74) is -0.898. The van der Waals surface area contributed by atoms with Gasteiger partial charge in [0.1, 0.15) is 0 Å². The highest BCUT2D eigenvalue weighted by Crippen LogP contribution is 2.20. The Morgan fingerprint density at radius 2 is 1.17 bits per heavy atom. The molecule has 2 heterocycles. The lowest BCUT2D eigenvalue weighted by Crippen LogP contribution is -2.40. The second-order valence-corrected chi connectivity index (χ2v) is 8.02. The first-order valence-corrected chi connectivity index (χ1v) is 9.76. The average molecular weight is 390 g/mol. The Kier molecular flexibility index (Phi) is 4.19. The molecule has 4 rings (SSSR count). The molecule has 0 aliphatic heterocycles. The highest BCUT2D eigenvalue weighted by Gasteiger charge is 2.27. The van der Waals surface area contributed by atoms with Crippen LogP contribution in [0.1, 0.15) is 39.7 Å². The molecule has 148 valence electrons. The molecule has 0 aliphatic rings. The molecule has 0 atom stereocenters. The molecule has 29 heavy (non-hydrogen) atoms. The van der Waals surface area contributed by atoms with Gasteiger partial charge in [0.15, 0.2) is 0 Å². The van der Waals surface area contributed by atoms with E-state index < -0.39 is 27.8 Å². The summed E-state index contributed by atoms with van der Waals surface area (Å²) in [5.74, 6) is 0. The fourth-order valence-electron chi connectivity index (χ4n) is 3.80. The van der Waals surface area contributed by atoms with Crippen LogP contribution in [-0.2, 0) is 12.0 Å². The van der Waals surface area contributed by atoms with Gasteiger partial charge in [-0.25, -0.2) is 4.57 Å². The zero-order valence-corrected chi connectivity index (χ0v) is 16.9. The quantitative estimate of drug-likeness (QED) is 0.537. The molecular weight excluding hydrogens is 368 g/mol. The number of fused-ring (bicyclic) bond motifs is 2. The van der Waals surface area contributed by atoms with E-state index in [1.807, 2.05) is 39.8 Å². The molecule has 0 saturated carbocycles. The Morgan fingerprint density at radius 1 is 0.724 bits per heavy atom. The lowest BCUT2D eigenvalue weighted by Gasteiger charge is -2.22. The summed E-state index contributed by atoms with van der Waals surface area (Å²) >= 11 is 0. The van der Waals surface area contributed by atoms with Crippen molar-refractivity contribution in [2.45, 2.75) is 46.1 Å². The molecule has 0 amide bonds. The number of benzene rings is 2. The second kappa shape index (κ2) is 6.37. The smallest absolute Gasteiger partial charge is 0.266 e. The number of hydrogen-bond donors (Lipinski definition) is 0. The van der Waals surface area contributed by atoms with Crippen molar-refractivity contribution < 1.29 is 0 Å². The van der Waals surface area contributed by atoms with Crippen LogP contribution in [0.15, 0.2) is 55.6 Å². The SMILES string of the molecule is CCc1ccc(-n2c(=O)c3cc4c(=O)n(C(C)(C)CC)c(=O)c4cc3c2=O)cc1. The van der Waals surface area contributed by atoms with E-state index >= 15 is 0 Å². The molecule has 0 unspecified atom stereocenters. The fraction of sp³-hybridized carbons (Fsp3) is 0.304. The molecule has 0 N–H and O–H groups in total. The van der Waals surface area contributed by atoms with Crippen molar-refractivity contribution >= 4 is 21.5 Å². The third kappa shape index (κ3) is 2.63. The molecule has 2 aromatic heterocycles. The minimum Gasteiger partial charge on any atom is -0.269 e. The van der Waals surface area contributed by atoms with Crippen LogP contribution in [-0.4, -0.2) is 9.13 Å². The van der Waals surface area contributed by atoms with Gasteiger partial charge in [-0.3, -0.25) is 23.7 Å². The van der Waals surface area contributed by atoms with Crippen LogP contribution < -0.4 is 22.2 Å². The Morgan fingerprint density at radius 3 is 1.59 bits per heavy atom. The number of aromatic nitrogens is 2. The van der Waals surface area contributed by atoms with Gasteiger partial charge in [0.05, 0.1) is 27.2 Å². The number of nitrogens with zero attached hydrogens (tertiary/aromatic N) is 2. The predicted molar refractivity (Wildman–Crippen MR) is 115 cm³/mol. The van der Waals surface area contributed by atoms with Crippen LogP contribution in [0.5, 0.6) is 0 Å². The van der Waals surface area contributed by atoms with E-state index in [9.17, 15) is 19.2 Å². The van der Waals surface area contributed by atoms with Crippen molar-refractivity contribution in [2.24, 2.45) is 0 Å². The molecule has 4 aromatic rings. The Balaban J connectivity index is 2.06. The Bertz CT molecular complexity index is 1380. The molecule has 0 spiro atoms. The van der Waals surface area contributed by atoms with Gasteiger partial charge < -0.3 is 0 Å². The summed E-state index contributed by atoms with van der Waals surface area (Å²) in [5, 5.41) is 0.676. The average Bonchev–Trinajstić information content (AvgIpc) is 3.11. The first-order chi connectivity index (χ1) is 13.7. The lowest BCUT2D eigenvalue weighted by atomic mass is 10.0. The normalized spacial score (nSPS) is 12.3. The van der Waals surface area contributed by atoms with E-state index in [1.165, 1.54) is 16.7 Å². The summed E-state index contributed by atoms with van der Waals surface area (Å²) in [4.78, 5) is 51.8. The molecule has 2 aromatic carbocycles. The van der Waals surface area contributed by atoms with Crippen molar-refractivity contribution in [2.75, 3.05) is 0 Å². The Labute approximate surface area is 166 Å². The van der Waals surface area contributed by atoms with E-state index in [2.05, 4.69) is 0 Å². The van der Waals surface area contributed by atoms with Crippen LogP contribution in [0, 0.1) is 0 Å². The predicted octanol–water partition coefficient (Wildman–Crippen LogP) is 2.61. The lowest BCUT2D eigenvalue weighted by molar-refractivity contribution is 0.328. The first kappa shape index (κ1) is 19.1. The molecule has 6 nitrogen and oxygen atoms in total. The fourth-order valence-corrected chi connectivity index (χ4v) is 3.80. The highest BCUT2D eigenvalue weighted by atomic mass is 16.2. The van der Waals surface area contributed by atoms with Crippen molar-refractivity contribution in [1.29, 1.82) is 0 Å². The molecule has 6 heteroatoms. The molecule has 0 fully saturated rings. The van der Waals surface area contributed by atoms with E-state index in [1.54, 1.807) is 12.1 Å². The van der Waals surface area contributed by atoms with Gasteiger partial charge in [0, 0.05) is 5.54 Å². The summed E-state index contributed by atoms with van der Waals surface area (Å²) in [6, 6.07) is 10.0. The maximum absolute atomic E-state index is 13.0. The Hall–Kier alpha value is -3.28. The number of rotatable bonds is 4. The second-order valence-electron chi connectivity index (χ2n) is 8.02. The van der Waals surface area contributed by atoms with Crippen LogP contribution >= 0.6 is 0 Å². The summed E-state index contributed by atoms with van der Waals surface area (Å²) in [7, 11) is 0. The number of aryl methyl sites for hydroxylation is 1. The van der Waals surface area contributed by atoms with Gasteiger partial charge in [-0.2, -0.15) is 0 Å². The van der Waals surface area contributed by atoms with Gasteiger partial charge in [0.25, 0.3) is 22.2 Å². The van der Waals surface area contributed by atoms with Gasteiger partial charge in [-0.05, 0) is 56.5 Å². The third-order valence-electron chi connectivity index (χ3n) is 5.97. The van der Waals surface area contributed by atoms with E-state index in [0.29, 0.717) is 12.1 Å². The third-order valence-corrected chi connectivity index (χ3v) is 5.97. The molecule has 0 aliphatic carbocycles. The standard InChI is InChI=1S/C23H22N2O4/c1-5-13-7-9-14(10-8-13)24-19(26)15-11-17-18(12-16(15)20(24)27)22(29)25(21(17)28)23(3,4)6-2/h7-12H,5-6H2,1-4H3. The van der Waals surface area contributed by atoms with Gasteiger partial charge in [-0.1, -0.05) is 26.0 Å². The van der Waals surface area contributed by atoms with Crippen LogP contribution in [0.4, 0.5) is 0 Å². The van der Waals surface area contributed by atoms with Crippen LogP contribution in [0.2, 0.25) is 0 Å². The monoisotopic (exact) mass is 390 g/mol.